The highest BCUT2D eigenvalue weighted by molar-refractivity contribution is 7.99. The van der Waals surface area contributed by atoms with Crippen LogP contribution in [-0.2, 0) is 0 Å². The molecule has 0 saturated heterocycles. The van der Waals surface area contributed by atoms with Crippen molar-refractivity contribution >= 4 is 29.1 Å². The summed E-state index contributed by atoms with van der Waals surface area (Å²) < 4.78 is 0. The predicted molar refractivity (Wildman–Crippen MR) is 64.8 cm³/mol. The highest BCUT2D eigenvalue weighted by atomic mass is 35.5. The van der Waals surface area contributed by atoms with Crippen molar-refractivity contribution < 1.29 is 0 Å². The van der Waals surface area contributed by atoms with Gasteiger partial charge in [0.25, 0.3) is 5.56 Å². The van der Waals surface area contributed by atoms with E-state index in [1.165, 1.54) is 18.0 Å². The van der Waals surface area contributed by atoms with Crippen LogP contribution in [0.4, 0.5) is 5.69 Å². The number of H-pyrrole nitrogens is 1. The Balaban J connectivity index is 2.24. The highest BCUT2D eigenvalue weighted by Gasteiger charge is 2.01. The van der Waals surface area contributed by atoms with Gasteiger partial charge in [-0.2, -0.15) is 0 Å². The van der Waals surface area contributed by atoms with Gasteiger partial charge in [-0.15, -0.1) is 0 Å². The van der Waals surface area contributed by atoms with Crippen LogP contribution in [0.25, 0.3) is 0 Å². The Morgan fingerprint density at radius 1 is 1.31 bits per heavy atom. The highest BCUT2D eigenvalue weighted by Crippen LogP contribution is 2.24. The van der Waals surface area contributed by atoms with E-state index in [0.29, 0.717) is 10.2 Å². The number of aromatic amines is 1. The predicted octanol–water partition coefficient (Wildman–Crippen LogP) is 2.16. The quantitative estimate of drug-likeness (QED) is 0.805. The first kappa shape index (κ1) is 11.0. The molecule has 0 fully saturated rings. The molecule has 4 nitrogen and oxygen atoms in total. The summed E-state index contributed by atoms with van der Waals surface area (Å²) in [5.74, 6) is 0. The third kappa shape index (κ3) is 2.56. The van der Waals surface area contributed by atoms with Gasteiger partial charge in [-0.25, -0.2) is 4.98 Å². The molecule has 0 radical (unpaired) electrons. The van der Waals surface area contributed by atoms with Gasteiger partial charge in [-0.3, -0.25) is 9.78 Å². The Morgan fingerprint density at radius 3 is 2.62 bits per heavy atom. The average Bonchev–Trinajstić information content (AvgIpc) is 2.27. The molecule has 0 bridgehead atoms. The summed E-state index contributed by atoms with van der Waals surface area (Å²) in [4.78, 5) is 18.8. The van der Waals surface area contributed by atoms with Crippen LogP contribution >= 0.6 is 23.4 Å². The van der Waals surface area contributed by atoms with E-state index >= 15 is 0 Å². The second kappa shape index (κ2) is 4.59. The molecule has 0 atom stereocenters. The van der Waals surface area contributed by atoms with Gasteiger partial charge >= 0.3 is 0 Å². The van der Waals surface area contributed by atoms with E-state index in [2.05, 4.69) is 9.97 Å². The van der Waals surface area contributed by atoms with E-state index in [0.717, 1.165) is 4.90 Å². The van der Waals surface area contributed by atoms with E-state index in [4.69, 9.17) is 17.3 Å². The zero-order chi connectivity index (χ0) is 11.5. The van der Waals surface area contributed by atoms with Gasteiger partial charge in [-0.05, 0) is 24.3 Å². The van der Waals surface area contributed by atoms with Gasteiger partial charge < -0.3 is 5.73 Å². The Labute approximate surface area is 101 Å². The number of anilines is 1. The molecular weight excluding hydrogens is 246 g/mol. The lowest BCUT2D eigenvalue weighted by atomic mass is 10.4. The maximum Gasteiger partial charge on any atom is 0.274 e. The van der Waals surface area contributed by atoms with Crippen LogP contribution in [0.5, 0.6) is 0 Å². The lowest BCUT2D eigenvalue weighted by molar-refractivity contribution is 0.942. The zero-order valence-corrected chi connectivity index (χ0v) is 9.68. The molecule has 0 unspecified atom stereocenters. The van der Waals surface area contributed by atoms with Crippen molar-refractivity contribution in [1.82, 2.24) is 9.97 Å². The van der Waals surface area contributed by atoms with E-state index in [1.54, 1.807) is 12.1 Å². The largest absolute Gasteiger partial charge is 0.393 e. The lowest BCUT2D eigenvalue weighted by Gasteiger charge is -2.00. The third-order valence-electron chi connectivity index (χ3n) is 1.83. The van der Waals surface area contributed by atoms with Gasteiger partial charge in [0.2, 0.25) is 0 Å². The monoisotopic (exact) mass is 253 g/mol. The normalized spacial score (nSPS) is 10.3. The first-order chi connectivity index (χ1) is 7.65. The number of benzene rings is 1. The molecule has 0 aliphatic heterocycles. The summed E-state index contributed by atoms with van der Waals surface area (Å²) >= 11 is 7.10. The molecular formula is C10H8ClN3OS. The number of nitrogens with zero attached hydrogens (tertiary/aromatic N) is 1. The number of nitrogens with one attached hydrogen (secondary N) is 1. The summed E-state index contributed by atoms with van der Waals surface area (Å²) in [6.07, 6.45) is 1.34. The zero-order valence-electron chi connectivity index (χ0n) is 8.11. The Kier molecular flexibility index (Phi) is 3.17. The van der Waals surface area contributed by atoms with Gasteiger partial charge in [0.15, 0.2) is 5.16 Å². The molecule has 82 valence electrons. The van der Waals surface area contributed by atoms with Crippen LogP contribution in [0.2, 0.25) is 5.02 Å². The van der Waals surface area contributed by atoms with Crippen LogP contribution in [0.3, 0.4) is 0 Å². The van der Waals surface area contributed by atoms with Crippen LogP contribution < -0.4 is 11.3 Å². The van der Waals surface area contributed by atoms with Crippen LogP contribution in [-0.4, -0.2) is 9.97 Å². The van der Waals surface area contributed by atoms with Crippen molar-refractivity contribution in [3.8, 4) is 0 Å². The molecule has 2 aromatic rings. The van der Waals surface area contributed by atoms with Crippen molar-refractivity contribution in [2.24, 2.45) is 0 Å². The summed E-state index contributed by atoms with van der Waals surface area (Å²) in [7, 11) is 0. The SMILES string of the molecule is Nc1cnc(Sc2ccc(Cl)cc2)[nH]c1=O. The molecule has 3 N–H and O–H groups in total. The van der Waals surface area contributed by atoms with E-state index in [-0.39, 0.29) is 11.2 Å². The number of hydrogen-bond donors (Lipinski definition) is 2. The minimum Gasteiger partial charge on any atom is -0.393 e. The number of hydrogen-bond acceptors (Lipinski definition) is 4. The second-order valence-electron chi connectivity index (χ2n) is 3.03. The molecule has 1 heterocycles. The van der Waals surface area contributed by atoms with Gasteiger partial charge in [-0.1, -0.05) is 23.4 Å². The molecule has 1 aromatic heterocycles. The fourth-order valence-corrected chi connectivity index (χ4v) is 1.93. The number of rotatable bonds is 2. The van der Waals surface area contributed by atoms with Crippen LogP contribution in [0.15, 0.2) is 45.3 Å². The number of nitrogens with two attached hydrogens (primary N) is 1. The number of aromatic nitrogens is 2. The standard InChI is InChI=1S/C10H8ClN3OS/c11-6-1-3-7(4-2-6)16-10-13-5-8(12)9(15)14-10/h1-5H,12H2,(H,13,14,15). The van der Waals surface area contributed by atoms with E-state index in [9.17, 15) is 4.79 Å². The molecule has 1 aromatic carbocycles. The fraction of sp³-hybridized carbons (Fsp3) is 0. The summed E-state index contributed by atoms with van der Waals surface area (Å²) in [6.45, 7) is 0. The third-order valence-corrected chi connectivity index (χ3v) is 2.99. The molecule has 6 heteroatoms. The van der Waals surface area contributed by atoms with Crippen LogP contribution in [0, 0.1) is 0 Å². The molecule has 2 rings (SSSR count). The number of halogens is 1. The molecule has 0 aliphatic rings. The number of nitrogen functional groups attached to an aromatic ring is 1. The Morgan fingerprint density at radius 2 is 2.00 bits per heavy atom. The average molecular weight is 254 g/mol. The van der Waals surface area contributed by atoms with Crippen molar-refractivity contribution in [3.63, 3.8) is 0 Å². The minimum atomic E-state index is -0.327. The maximum atomic E-state index is 11.2. The van der Waals surface area contributed by atoms with E-state index in [1.807, 2.05) is 12.1 Å². The maximum absolute atomic E-state index is 11.2. The van der Waals surface area contributed by atoms with Crippen molar-refractivity contribution in [1.29, 1.82) is 0 Å². The van der Waals surface area contributed by atoms with Crippen molar-refractivity contribution in [3.05, 3.63) is 45.8 Å². The van der Waals surface area contributed by atoms with Gasteiger partial charge in [0, 0.05) is 9.92 Å². The molecule has 16 heavy (non-hydrogen) atoms. The Bertz CT molecular complexity index is 553. The first-order valence-corrected chi connectivity index (χ1v) is 5.63. The molecule has 0 aliphatic carbocycles. The topological polar surface area (TPSA) is 71.8 Å². The molecule has 0 amide bonds. The van der Waals surface area contributed by atoms with Crippen molar-refractivity contribution in [2.45, 2.75) is 10.1 Å². The molecule has 0 saturated carbocycles. The van der Waals surface area contributed by atoms with E-state index < -0.39 is 0 Å². The second-order valence-corrected chi connectivity index (χ2v) is 4.53. The van der Waals surface area contributed by atoms with Gasteiger partial charge in [0.1, 0.15) is 5.69 Å². The lowest BCUT2D eigenvalue weighted by Crippen LogP contribution is -2.12. The smallest absolute Gasteiger partial charge is 0.274 e. The van der Waals surface area contributed by atoms with Crippen LogP contribution in [0.1, 0.15) is 0 Å². The Hall–Kier alpha value is -1.46. The summed E-state index contributed by atoms with van der Waals surface area (Å²) in [5.41, 5.74) is 5.15. The molecule has 0 spiro atoms. The summed E-state index contributed by atoms with van der Waals surface area (Å²) in [5, 5.41) is 1.17. The fourth-order valence-electron chi connectivity index (χ4n) is 1.05. The summed E-state index contributed by atoms with van der Waals surface area (Å²) in [6, 6.07) is 7.26. The van der Waals surface area contributed by atoms with Crippen molar-refractivity contribution in [2.75, 3.05) is 5.73 Å². The first-order valence-electron chi connectivity index (χ1n) is 4.43. The minimum absolute atomic E-state index is 0.112. The van der Waals surface area contributed by atoms with Gasteiger partial charge in [0.05, 0.1) is 6.20 Å².